The van der Waals surface area contributed by atoms with Gasteiger partial charge in [0, 0.05) is 17.8 Å². The summed E-state index contributed by atoms with van der Waals surface area (Å²) in [6, 6.07) is 16.2. The van der Waals surface area contributed by atoms with E-state index in [9.17, 15) is 4.79 Å². The Hall–Kier alpha value is -2.35. The van der Waals surface area contributed by atoms with Crippen LogP contribution in [0, 0.1) is 6.92 Å². The van der Waals surface area contributed by atoms with Crippen molar-refractivity contribution in [1.82, 2.24) is 0 Å². The predicted molar refractivity (Wildman–Crippen MR) is 80.1 cm³/mol. The normalized spacial score (nSPS) is 23.1. The summed E-state index contributed by atoms with van der Waals surface area (Å²) in [5.41, 5.74) is 3.51. The number of carbonyl (C=O) groups is 1. The maximum absolute atomic E-state index is 13.0. The fraction of sp³-hybridized carbons (Fsp3) is 0.167. The number of nitrogens with zero attached hydrogens (tertiary/aromatic N) is 1. The first kappa shape index (κ1) is 11.5. The fourth-order valence-electron chi connectivity index (χ4n) is 3.35. The summed E-state index contributed by atoms with van der Waals surface area (Å²) in [4.78, 5) is 15.2. The average Bonchev–Trinajstić information content (AvgIpc) is 3.01. The Morgan fingerprint density at radius 3 is 2.60 bits per heavy atom. The van der Waals surface area contributed by atoms with Gasteiger partial charge in [0.05, 0.1) is 0 Å². The molecule has 20 heavy (non-hydrogen) atoms. The van der Waals surface area contributed by atoms with Crippen LogP contribution in [0.1, 0.15) is 21.5 Å². The minimum Gasteiger partial charge on any atom is -0.347 e. The predicted octanol–water partition coefficient (Wildman–Crippen LogP) is 3.46. The van der Waals surface area contributed by atoms with Crippen molar-refractivity contribution in [3.63, 3.8) is 0 Å². The zero-order valence-corrected chi connectivity index (χ0v) is 11.3. The van der Waals surface area contributed by atoms with Crippen LogP contribution in [0.4, 0.5) is 5.69 Å². The molecule has 0 radical (unpaired) electrons. The molecular weight excluding hydrogens is 246 g/mol. The molecule has 2 aromatic carbocycles. The molecule has 0 saturated carbocycles. The van der Waals surface area contributed by atoms with E-state index < -0.39 is 5.54 Å². The van der Waals surface area contributed by atoms with Crippen LogP contribution < -0.4 is 4.90 Å². The largest absolute Gasteiger partial charge is 0.347 e. The monoisotopic (exact) mass is 261 g/mol. The molecule has 1 unspecified atom stereocenters. The molecule has 0 aromatic heterocycles. The molecule has 2 heteroatoms. The lowest BCUT2D eigenvalue weighted by Crippen LogP contribution is -2.42. The molecule has 2 aliphatic heterocycles. The van der Waals surface area contributed by atoms with Gasteiger partial charge in [0.1, 0.15) is 5.54 Å². The van der Waals surface area contributed by atoms with Gasteiger partial charge in [-0.2, -0.15) is 0 Å². The Balaban J connectivity index is 1.95. The lowest BCUT2D eigenvalue weighted by molar-refractivity contribution is 0.0935. The van der Waals surface area contributed by atoms with Gasteiger partial charge in [0.15, 0.2) is 5.78 Å². The van der Waals surface area contributed by atoms with E-state index in [2.05, 4.69) is 48.2 Å². The third kappa shape index (κ3) is 1.26. The van der Waals surface area contributed by atoms with Crippen molar-refractivity contribution in [3.8, 4) is 0 Å². The van der Waals surface area contributed by atoms with Gasteiger partial charge in [-0.1, -0.05) is 48.0 Å². The number of para-hydroxylation sites is 1. The molecule has 2 aromatic rings. The van der Waals surface area contributed by atoms with Crippen molar-refractivity contribution in [1.29, 1.82) is 0 Å². The number of anilines is 1. The van der Waals surface area contributed by atoms with Gasteiger partial charge in [-0.25, -0.2) is 0 Å². The van der Waals surface area contributed by atoms with E-state index in [-0.39, 0.29) is 5.78 Å². The van der Waals surface area contributed by atoms with Crippen molar-refractivity contribution in [2.75, 3.05) is 11.4 Å². The van der Waals surface area contributed by atoms with Crippen LogP contribution in [0.5, 0.6) is 0 Å². The van der Waals surface area contributed by atoms with Gasteiger partial charge < -0.3 is 4.90 Å². The summed E-state index contributed by atoms with van der Waals surface area (Å²) in [5, 5.41) is 0. The third-order valence-electron chi connectivity index (χ3n) is 4.35. The van der Waals surface area contributed by atoms with E-state index >= 15 is 0 Å². The van der Waals surface area contributed by atoms with Crippen LogP contribution in [-0.4, -0.2) is 12.3 Å². The lowest BCUT2D eigenvalue weighted by atomic mass is 9.85. The number of ketones is 1. The average molecular weight is 261 g/mol. The Morgan fingerprint density at radius 1 is 1.05 bits per heavy atom. The number of fused-ring (bicyclic) bond motifs is 3. The van der Waals surface area contributed by atoms with Crippen molar-refractivity contribution >= 4 is 11.5 Å². The van der Waals surface area contributed by atoms with Crippen molar-refractivity contribution in [3.05, 3.63) is 77.4 Å². The standard InChI is InChI=1S/C18H15NO/c1-13-7-9-14(10-8-13)18-11-4-12-19(18)16-6-3-2-5-15(16)17(18)20/h2-11H,12H2,1H3. The van der Waals surface area contributed by atoms with Crippen molar-refractivity contribution in [2.45, 2.75) is 12.5 Å². The minimum atomic E-state index is -0.628. The Kier molecular flexibility index (Phi) is 2.19. The SMILES string of the molecule is Cc1ccc(C23C=CCN2c2ccccc2C3=O)cc1. The summed E-state index contributed by atoms with van der Waals surface area (Å²) in [6.07, 6.45) is 4.15. The van der Waals surface area contributed by atoms with Gasteiger partial charge in [-0.3, -0.25) is 4.79 Å². The molecule has 98 valence electrons. The summed E-state index contributed by atoms with van der Waals surface area (Å²) in [5.74, 6) is 0.186. The summed E-state index contributed by atoms with van der Waals surface area (Å²) in [7, 11) is 0. The quantitative estimate of drug-likeness (QED) is 0.733. The second-order valence-electron chi connectivity index (χ2n) is 5.49. The highest BCUT2D eigenvalue weighted by Crippen LogP contribution is 2.48. The molecule has 0 spiro atoms. The molecule has 4 rings (SSSR count). The van der Waals surface area contributed by atoms with Crippen LogP contribution in [0.25, 0.3) is 0 Å². The van der Waals surface area contributed by atoms with E-state index in [0.29, 0.717) is 0 Å². The molecule has 0 fully saturated rings. The Labute approximate surface area is 118 Å². The van der Waals surface area contributed by atoms with Gasteiger partial charge in [-0.15, -0.1) is 0 Å². The first-order chi connectivity index (χ1) is 9.73. The zero-order chi connectivity index (χ0) is 13.7. The maximum atomic E-state index is 13.0. The molecule has 2 heterocycles. The van der Waals surface area contributed by atoms with E-state index in [1.807, 2.05) is 24.3 Å². The highest BCUT2D eigenvalue weighted by Gasteiger charge is 2.52. The first-order valence-electron chi connectivity index (χ1n) is 6.90. The van der Waals surface area contributed by atoms with Crippen LogP contribution in [0.2, 0.25) is 0 Å². The maximum Gasteiger partial charge on any atom is 0.199 e. The summed E-state index contributed by atoms with van der Waals surface area (Å²) >= 11 is 0. The van der Waals surface area contributed by atoms with E-state index in [0.717, 1.165) is 23.4 Å². The second kappa shape index (κ2) is 3.83. The lowest BCUT2D eigenvalue weighted by Gasteiger charge is -2.32. The van der Waals surface area contributed by atoms with Crippen LogP contribution in [-0.2, 0) is 5.54 Å². The highest BCUT2D eigenvalue weighted by molar-refractivity contribution is 6.16. The molecule has 2 nitrogen and oxygen atoms in total. The van der Waals surface area contributed by atoms with Crippen molar-refractivity contribution < 1.29 is 4.79 Å². The zero-order valence-electron chi connectivity index (χ0n) is 11.3. The van der Waals surface area contributed by atoms with Crippen LogP contribution in [0.3, 0.4) is 0 Å². The number of aryl methyl sites for hydroxylation is 1. The summed E-state index contributed by atoms with van der Waals surface area (Å²) in [6.45, 7) is 2.85. The number of Topliss-reactive ketones (excluding diaryl/α,β-unsaturated/α-hetero) is 1. The molecule has 0 saturated heterocycles. The molecule has 0 amide bonds. The van der Waals surface area contributed by atoms with Crippen molar-refractivity contribution in [2.24, 2.45) is 0 Å². The third-order valence-corrected chi connectivity index (χ3v) is 4.35. The number of carbonyl (C=O) groups excluding carboxylic acids is 1. The van der Waals surface area contributed by atoms with E-state index in [1.165, 1.54) is 5.56 Å². The van der Waals surface area contributed by atoms with Gasteiger partial charge in [-0.05, 0) is 30.7 Å². The molecule has 1 atom stereocenters. The highest BCUT2D eigenvalue weighted by atomic mass is 16.1. The molecule has 0 N–H and O–H groups in total. The number of benzene rings is 2. The topological polar surface area (TPSA) is 20.3 Å². The molecule has 2 aliphatic rings. The van der Waals surface area contributed by atoms with E-state index in [4.69, 9.17) is 0 Å². The first-order valence-corrected chi connectivity index (χ1v) is 6.90. The molecular formula is C18H15NO. The molecule has 0 aliphatic carbocycles. The number of hydrogen-bond donors (Lipinski definition) is 0. The smallest absolute Gasteiger partial charge is 0.199 e. The Bertz CT molecular complexity index is 729. The van der Waals surface area contributed by atoms with Gasteiger partial charge in [0.2, 0.25) is 0 Å². The van der Waals surface area contributed by atoms with E-state index in [1.54, 1.807) is 0 Å². The Morgan fingerprint density at radius 2 is 1.80 bits per heavy atom. The van der Waals surface area contributed by atoms with Crippen LogP contribution in [0.15, 0.2) is 60.7 Å². The van der Waals surface area contributed by atoms with Gasteiger partial charge in [0.25, 0.3) is 0 Å². The van der Waals surface area contributed by atoms with Crippen LogP contribution >= 0.6 is 0 Å². The number of hydrogen-bond acceptors (Lipinski definition) is 2. The fourth-order valence-corrected chi connectivity index (χ4v) is 3.35. The summed E-state index contributed by atoms with van der Waals surface area (Å²) < 4.78 is 0. The number of rotatable bonds is 1. The second-order valence-corrected chi connectivity index (χ2v) is 5.49. The minimum absolute atomic E-state index is 0.186. The molecule has 0 bridgehead atoms. The van der Waals surface area contributed by atoms with Gasteiger partial charge >= 0.3 is 0 Å².